The van der Waals surface area contributed by atoms with Crippen molar-refractivity contribution in [1.82, 2.24) is 0 Å². The Balaban J connectivity index is 2.26. The van der Waals surface area contributed by atoms with Gasteiger partial charge in [0, 0.05) is 35.5 Å². The Kier molecular flexibility index (Phi) is 5.57. The summed E-state index contributed by atoms with van der Waals surface area (Å²) in [6.07, 6.45) is 0.895. The van der Waals surface area contributed by atoms with Gasteiger partial charge in [0.25, 0.3) is 0 Å². The molecule has 1 aromatic rings. The first-order valence-corrected chi connectivity index (χ1v) is 10.3. The van der Waals surface area contributed by atoms with E-state index in [1.807, 2.05) is 29.2 Å². The predicted molar refractivity (Wildman–Crippen MR) is 91.6 cm³/mol. The van der Waals surface area contributed by atoms with Gasteiger partial charge in [0.1, 0.15) is 5.37 Å². The van der Waals surface area contributed by atoms with Crippen LogP contribution in [0.3, 0.4) is 0 Å². The van der Waals surface area contributed by atoms with Crippen LogP contribution in [0.2, 0.25) is 0 Å². The Bertz CT molecular complexity index is 558. The number of nitrogens with zero attached hydrogens (tertiary/aromatic N) is 1. The maximum absolute atomic E-state index is 12.3. The van der Waals surface area contributed by atoms with Gasteiger partial charge in [0.2, 0.25) is 0 Å². The van der Waals surface area contributed by atoms with E-state index in [-0.39, 0.29) is 11.8 Å². The largest absolute Gasteiger partial charge is 0.353 e. The Hall–Kier alpha value is -0.720. The van der Waals surface area contributed by atoms with Crippen LogP contribution in [0.25, 0.3) is 0 Å². The molecule has 0 aliphatic carbocycles. The number of rotatable bonds is 5. The van der Waals surface area contributed by atoms with Gasteiger partial charge < -0.3 is 10.6 Å². The Morgan fingerprint density at radius 3 is 2.57 bits per heavy atom. The predicted octanol–water partition coefficient (Wildman–Crippen LogP) is 2.41. The fourth-order valence-corrected chi connectivity index (χ4v) is 5.51. The third-order valence-electron chi connectivity index (χ3n) is 3.99. The summed E-state index contributed by atoms with van der Waals surface area (Å²) < 4.78 is 24.6. The van der Waals surface area contributed by atoms with Crippen LogP contribution >= 0.6 is 11.8 Å². The molecule has 0 aromatic heterocycles. The van der Waals surface area contributed by atoms with Crippen molar-refractivity contribution in [3.8, 4) is 0 Å². The first-order valence-electron chi connectivity index (χ1n) is 7.41. The van der Waals surface area contributed by atoms with E-state index < -0.39 is 15.2 Å². The van der Waals surface area contributed by atoms with Crippen molar-refractivity contribution in [3.05, 3.63) is 29.8 Å². The van der Waals surface area contributed by atoms with Gasteiger partial charge in [0.15, 0.2) is 9.84 Å². The highest BCUT2D eigenvalue weighted by atomic mass is 32.2. The Morgan fingerprint density at radius 2 is 2.00 bits per heavy atom. The highest BCUT2D eigenvalue weighted by Crippen LogP contribution is 2.28. The lowest BCUT2D eigenvalue weighted by Gasteiger charge is -2.36. The minimum Gasteiger partial charge on any atom is -0.353 e. The van der Waals surface area contributed by atoms with Crippen LogP contribution in [-0.4, -0.2) is 37.6 Å². The second kappa shape index (κ2) is 7.03. The van der Waals surface area contributed by atoms with E-state index in [4.69, 9.17) is 5.73 Å². The topological polar surface area (TPSA) is 63.4 Å². The molecule has 2 unspecified atom stereocenters. The molecule has 0 amide bonds. The summed E-state index contributed by atoms with van der Waals surface area (Å²) in [6.45, 7) is 4.55. The van der Waals surface area contributed by atoms with Crippen LogP contribution in [0.4, 0.5) is 5.69 Å². The summed E-state index contributed by atoms with van der Waals surface area (Å²) in [7, 11) is -3.07. The van der Waals surface area contributed by atoms with Crippen molar-refractivity contribution < 1.29 is 8.42 Å². The zero-order valence-corrected chi connectivity index (χ0v) is 14.3. The molecule has 1 aliphatic rings. The molecule has 2 rings (SSSR count). The van der Waals surface area contributed by atoms with E-state index in [0.29, 0.717) is 5.75 Å². The quantitative estimate of drug-likeness (QED) is 0.899. The van der Waals surface area contributed by atoms with Crippen LogP contribution in [-0.2, 0) is 9.84 Å². The molecule has 1 fully saturated rings. The molecule has 1 heterocycles. The normalized spacial score (nSPS) is 21.3. The average molecular weight is 329 g/mol. The van der Waals surface area contributed by atoms with Crippen molar-refractivity contribution in [2.75, 3.05) is 28.7 Å². The highest BCUT2D eigenvalue weighted by Gasteiger charge is 2.32. The summed E-state index contributed by atoms with van der Waals surface area (Å²) in [4.78, 5) is 2.02. The highest BCUT2D eigenvalue weighted by molar-refractivity contribution is 8.01. The molecular formula is C15H24N2O2S2. The van der Waals surface area contributed by atoms with Gasteiger partial charge in [-0.3, -0.25) is 0 Å². The second-order valence-electron chi connectivity index (χ2n) is 5.28. The number of sulfone groups is 1. The molecule has 0 spiro atoms. The zero-order valence-electron chi connectivity index (χ0n) is 12.7. The molecule has 4 nitrogen and oxygen atoms in total. The first-order chi connectivity index (χ1) is 9.99. The third-order valence-corrected chi connectivity index (χ3v) is 7.28. The summed E-state index contributed by atoms with van der Waals surface area (Å²) in [5.74, 6) is 1.80. The molecule has 1 saturated heterocycles. The lowest BCUT2D eigenvalue weighted by molar-refractivity contribution is 0.579. The molecular weight excluding hydrogens is 304 g/mol. The molecule has 2 atom stereocenters. The van der Waals surface area contributed by atoms with Crippen LogP contribution in [0.5, 0.6) is 0 Å². The van der Waals surface area contributed by atoms with Crippen LogP contribution in [0.1, 0.15) is 31.9 Å². The van der Waals surface area contributed by atoms with Gasteiger partial charge in [-0.2, -0.15) is 11.8 Å². The van der Waals surface area contributed by atoms with Crippen molar-refractivity contribution in [2.24, 2.45) is 5.73 Å². The average Bonchev–Trinajstić information content (AvgIpc) is 2.54. The molecule has 118 valence electrons. The van der Waals surface area contributed by atoms with E-state index in [2.05, 4.69) is 6.92 Å². The molecule has 1 aromatic carbocycles. The van der Waals surface area contributed by atoms with Gasteiger partial charge in [-0.1, -0.05) is 26.0 Å². The maximum Gasteiger partial charge on any atom is 0.171 e. The molecule has 6 heteroatoms. The number of hydrogen-bond donors (Lipinski definition) is 1. The third kappa shape index (κ3) is 3.73. The minimum absolute atomic E-state index is 0.0473. The van der Waals surface area contributed by atoms with Crippen molar-refractivity contribution in [1.29, 1.82) is 0 Å². The lowest BCUT2D eigenvalue weighted by atomic mass is 10.1. The first kappa shape index (κ1) is 16.6. The SMILES string of the molecule is CCC(N)c1ccc(N2CCSCC2S(=O)(=O)CC)cc1. The number of benzene rings is 1. The van der Waals surface area contributed by atoms with E-state index in [9.17, 15) is 8.42 Å². The van der Waals surface area contributed by atoms with E-state index >= 15 is 0 Å². The molecule has 2 N–H and O–H groups in total. The number of anilines is 1. The van der Waals surface area contributed by atoms with Crippen LogP contribution < -0.4 is 10.6 Å². The summed E-state index contributed by atoms with van der Waals surface area (Å²) in [5, 5.41) is -0.410. The summed E-state index contributed by atoms with van der Waals surface area (Å²) >= 11 is 1.71. The smallest absolute Gasteiger partial charge is 0.171 e. The van der Waals surface area contributed by atoms with E-state index in [1.54, 1.807) is 18.7 Å². The van der Waals surface area contributed by atoms with Crippen LogP contribution in [0, 0.1) is 0 Å². The Labute approximate surface area is 132 Å². The zero-order chi connectivity index (χ0) is 15.5. The second-order valence-corrected chi connectivity index (χ2v) is 8.88. The molecule has 21 heavy (non-hydrogen) atoms. The molecule has 0 bridgehead atoms. The van der Waals surface area contributed by atoms with Crippen molar-refractivity contribution in [3.63, 3.8) is 0 Å². The number of thioether (sulfide) groups is 1. The van der Waals surface area contributed by atoms with Gasteiger partial charge >= 0.3 is 0 Å². The minimum atomic E-state index is -3.07. The molecule has 0 saturated carbocycles. The van der Waals surface area contributed by atoms with Gasteiger partial charge in [0.05, 0.1) is 0 Å². The van der Waals surface area contributed by atoms with Gasteiger partial charge in [-0.25, -0.2) is 8.42 Å². The summed E-state index contributed by atoms with van der Waals surface area (Å²) in [6, 6.07) is 8.07. The van der Waals surface area contributed by atoms with Gasteiger partial charge in [-0.15, -0.1) is 0 Å². The van der Waals surface area contributed by atoms with Crippen molar-refractivity contribution >= 4 is 27.3 Å². The number of hydrogen-bond acceptors (Lipinski definition) is 5. The van der Waals surface area contributed by atoms with Gasteiger partial charge in [-0.05, 0) is 24.1 Å². The van der Waals surface area contributed by atoms with E-state index in [1.165, 1.54) is 0 Å². The van der Waals surface area contributed by atoms with Crippen LogP contribution in [0.15, 0.2) is 24.3 Å². The fourth-order valence-electron chi connectivity index (χ4n) is 2.51. The number of nitrogens with two attached hydrogens (primary N) is 1. The molecule has 1 aliphatic heterocycles. The van der Waals surface area contributed by atoms with E-state index in [0.717, 1.165) is 30.0 Å². The lowest BCUT2D eigenvalue weighted by Crippen LogP contribution is -2.48. The molecule has 0 radical (unpaired) electrons. The fraction of sp³-hybridized carbons (Fsp3) is 0.600. The standard InChI is InChI=1S/C15H24N2O2S2/c1-3-14(16)12-5-7-13(8-6-12)17-9-10-20-11-15(17)21(18,19)4-2/h5-8,14-15H,3-4,9-11,16H2,1-2H3. The van der Waals surface area contributed by atoms with Crippen molar-refractivity contribution in [2.45, 2.75) is 31.7 Å². The Morgan fingerprint density at radius 1 is 1.33 bits per heavy atom. The summed E-state index contributed by atoms with van der Waals surface area (Å²) in [5.41, 5.74) is 8.10. The monoisotopic (exact) mass is 328 g/mol. The maximum atomic E-state index is 12.3.